The molecule has 12 heteroatoms. The molecule has 3 rings (SSSR count). The van der Waals surface area contributed by atoms with E-state index in [4.69, 9.17) is 4.74 Å². The number of H-pyrrole nitrogens is 1. The van der Waals surface area contributed by atoms with Crippen molar-refractivity contribution >= 4 is 33.6 Å². The van der Waals surface area contributed by atoms with Gasteiger partial charge in [-0.1, -0.05) is 0 Å². The summed E-state index contributed by atoms with van der Waals surface area (Å²) in [6, 6.07) is 5.03. The minimum atomic E-state index is -3.40. The van der Waals surface area contributed by atoms with Crippen LogP contribution in [0.2, 0.25) is 0 Å². The molecule has 0 radical (unpaired) electrons. The van der Waals surface area contributed by atoms with E-state index in [2.05, 4.69) is 35.8 Å². The highest BCUT2D eigenvalue weighted by atomic mass is 32.2. The molecule has 2 aromatic heterocycles. The van der Waals surface area contributed by atoms with Crippen LogP contribution in [0.15, 0.2) is 18.2 Å². The van der Waals surface area contributed by atoms with Gasteiger partial charge in [0.05, 0.1) is 6.26 Å². The van der Waals surface area contributed by atoms with Crippen LogP contribution in [0.3, 0.4) is 0 Å². The van der Waals surface area contributed by atoms with E-state index in [1.807, 2.05) is 19.9 Å². The summed E-state index contributed by atoms with van der Waals surface area (Å²) >= 11 is 0. The highest BCUT2D eigenvalue weighted by Gasteiger charge is 2.30. The van der Waals surface area contributed by atoms with Crippen LogP contribution in [0.4, 0.5) is 22.2 Å². The number of nitrogens with zero attached hydrogens (tertiary/aromatic N) is 3. The fourth-order valence-corrected chi connectivity index (χ4v) is 3.62. The van der Waals surface area contributed by atoms with E-state index in [-0.39, 0.29) is 30.0 Å². The van der Waals surface area contributed by atoms with Crippen molar-refractivity contribution in [1.82, 2.24) is 25.7 Å². The van der Waals surface area contributed by atoms with Crippen LogP contribution in [0.1, 0.15) is 44.7 Å². The van der Waals surface area contributed by atoms with E-state index < -0.39 is 10.0 Å². The molecule has 0 unspecified atom stereocenters. The normalized spacial score (nSPS) is 19.2. The fraction of sp³-hybridized carbons (Fsp3) is 0.529. The van der Waals surface area contributed by atoms with E-state index in [0.29, 0.717) is 11.6 Å². The molecule has 0 saturated heterocycles. The molecule has 0 spiro atoms. The quantitative estimate of drug-likeness (QED) is 0.528. The van der Waals surface area contributed by atoms with Crippen molar-refractivity contribution in [2.45, 2.75) is 51.2 Å². The van der Waals surface area contributed by atoms with Gasteiger partial charge in [0.15, 0.2) is 17.5 Å². The molecule has 0 aromatic carbocycles. The lowest BCUT2D eigenvalue weighted by molar-refractivity contribution is 0.0981. The second kappa shape index (κ2) is 8.64. The van der Waals surface area contributed by atoms with Crippen molar-refractivity contribution in [3.8, 4) is 0 Å². The molecule has 11 nitrogen and oxygen atoms in total. The first kappa shape index (κ1) is 20.8. The molecule has 1 fully saturated rings. The largest absolute Gasteiger partial charge is 0.446 e. The number of carbonyl (C=O) groups excluding carboxylic acids is 1. The second-order valence-electron chi connectivity index (χ2n) is 7.35. The molecular formula is C17H25N7O4S. The van der Waals surface area contributed by atoms with Crippen molar-refractivity contribution < 1.29 is 17.9 Å². The third-order valence-corrected chi connectivity index (χ3v) is 4.89. The molecule has 1 amide bonds. The van der Waals surface area contributed by atoms with Gasteiger partial charge < -0.3 is 15.4 Å². The summed E-state index contributed by atoms with van der Waals surface area (Å²) in [7, 11) is -3.40. The topological polar surface area (TPSA) is 151 Å². The zero-order chi connectivity index (χ0) is 21.0. The average molecular weight is 423 g/mol. The van der Waals surface area contributed by atoms with Gasteiger partial charge in [-0.2, -0.15) is 5.10 Å². The molecule has 1 aliphatic carbocycles. The SMILES string of the molecule is CC(C)NC(=O)O[C@H]1CC[C@@H](c2cc(Nc3ccc(NS(C)(=O)=O)nn3)n[nH]2)C1. The maximum atomic E-state index is 11.7. The first-order valence-corrected chi connectivity index (χ1v) is 11.2. The molecule has 158 valence electrons. The highest BCUT2D eigenvalue weighted by molar-refractivity contribution is 7.92. The van der Waals surface area contributed by atoms with Gasteiger partial charge in [-0.3, -0.25) is 9.82 Å². The Morgan fingerprint density at radius 2 is 1.93 bits per heavy atom. The van der Waals surface area contributed by atoms with E-state index in [0.717, 1.165) is 31.2 Å². The number of sulfonamides is 1. The lowest BCUT2D eigenvalue weighted by Crippen LogP contribution is -2.33. The molecule has 0 aliphatic heterocycles. The molecule has 2 aromatic rings. The number of aromatic amines is 1. The molecule has 2 atom stereocenters. The van der Waals surface area contributed by atoms with Gasteiger partial charge in [0.25, 0.3) is 0 Å². The van der Waals surface area contributed by atoms with Gasteiger partial charge in [-0.05, 0) is 45.2 Å². The van der Waals surface area contributed by atoms with Crippen LogP contribution in [0.25, 0.3) is 0 Å². The Balaban J connectivity index is 1.54. The van der Waals surface area contributed by atoms with E-state index in [1.165, 1.54) is 6.07 Å². The summed E-state index contributed by atoms with van der Waals surface area (Å²) in [6.07, 6.45) is 2.98. The summed E-state index contributed by atoms with van der Waals surface area (Å²) < 4.78 is 30.1. The first-order chi connectivity index (χ1) is 13.7. The third kappa shape index (κ3) is 6.31. The minimum Gasteiger partial charge on any atom is -0.446 e. The van der Waals surface area contributed by atoms with E-state index in [9.17, 15) is 13.2 Å². The van der Waals surface area contributed by atoms with Gasteiger partial charge in [0.2, 0.25) is 10.0 Å². The van der Waals surface area contributed by atoms with E-state index >= 15 is 0 Å². The first-order valence-electron chi connectivity index (χ1n) is 9.29. The van der Waals surface area contributed by atoms with Crippen LogP contribution >= 0.6 is 0 Å². The Bertz CT molecular complexity index is 943. The van der Waals surface area contributed by atoms with Crippen LogP contribution < -0.4 is 15.4 Å². The van der Waals surface area contributed by atoms with Crippen LogP contribution in [0.5, 0.6) is 0 Å². The third-order valence-electron chi connectivity index (χ3n) is 4.31. The predicted molar refractivity (Wildman–Crippen MR) is 108 cm³/mol. The maximum Gasteiger partial charge on any atom is 0.407 e. The van der Waals surface area contributed by atoms with Gasteiger partial charge in [0, 0.05) is 23.7 Å². The molecule has 1 saturated carbocycles. The Morgan fingerprint density at radius 1 is 1.21 bits per heavy atom. The number of hydrogen-bond donors (Lipinski definition) is 4. The lowest BCUT2D eigenvalue weighted by Gasteiger charge is -2.14. The Hall–Kier alpha value is -2.89. The number of anilines is 3. The van der Waals surface area contributed by atoms with Crippen molar-refractivity contribution in [1.29, 1.82) is 0 Å². The van der Waals surface area contributed by atoms with E-state index in [1.54, 1.807) is 6.07 Å². The summed E-state index contributed by atoms with van der Waals surface area (Å²) in [5.74, 6) is 1.36. The number of hydrogen-bond acceptors (Lipinski definition) is 8. The number of nitrogens with one attached hydrogen (secondary N) is 4. The number of ether oxygens (including phenoxy) is 1. The molecule has 0 bridgehead atoms. The predicted octanol–water partition coefficient (Wildman–Crippen LogP) is 2.09. The minimum absolute atomic E-state index is 0.0419. The molecule has 29 heavy (non-hydrogen) atoms. The van der Waals surface area contributed by atoms with Gasteiger partial charge in [-0.25, -0.2) is 13.2 Å². The van der Waals surface area contributed by atoms with Gasteiger partial charge in [-0.15, -0.1) is 10.2 Å². The summed E-state index contributed by atoms with van der Waals surface area (Å²) in [5, 5.41) is 20.7. The van der Waals surface area contributed by atoms with Gasteiger partial charge >= 0.3 is 6.09 Å². The number of aromatic nitrogens is 4. The second-order valence-corrected chi connectivity index (χ2v) is 9.10. The van der Waals surface area contributed by atoms with Crippen LogP contribution in [-0.2, 0) is 14.8 Å². The zero-order valence-electron chi connectivity index (χ0n) is 16.5. The Labute approximate surface area is 169 Å². The lowest BCUT2D eigenvalue weighted by atomic mass is 10.0. The number of carbonyl (C=O) groups is 1. The highest BCUT2D eigenvalue weighted by Crippen LogP contribution is 2.36. The smallest absolute Gasteiger partial charge is 0.407 e. The standard InChI is InChI=1S/C17H25N7O4S/c1-10(2)18-17(25)28-12-5-4-11(8-12)13-9-16(23-20-13)19-14-6-7-15(22-21-14)24-29(3,26)27/h6-7,9-12H,4-5,8H2,1-3H3,(H,18,25)(H,22,24)(H2,19,20,21,23)/t11-,12+/m1/s1. The number of amides is 1. The van der Waals surface area contributed by atoms with Crippen LogP contribution in [-0.4, -0.2) is 53.3 Å². The molecular weight excluding hydrogens is 398 g/mol. The monoisotopic (exact) mass is 423 g/mol. The van der Waals surface area contributed by atoms with Crippen molar-refractivity contribution in [3.63, 3.8) is 0 Å². The molecule has 1 aliphatic rings. The Morgan fingerprint density at radius 3 is 2.59 bits per heavy atom. The Kier molecular flexibility index (Phi) is 6.20. The van der Waals surface area contributed by atoms with Crippen molar-refractivity contribution in [2.24, 2.45) is 0 Å². The average Bonchev–Trinajstić information content (AvgIpc) is 3.24. The number of rotatable bonds is 7. The summed E-state index contributed by atoms with van der Waals surface area (Å²) in [5.41, 5.74) is 0.950. The van der Waals surface area contributed by atoms with Crippen molar-refractivity contribution in [2.75, 3.05) is 16.3 Å². The van der Waals surface area contributed by atoms with Gasteiger partial charge in [0.1, 0.15) is 6.10 Å². The summed E-state index contributed by atoms with van der Waals surface area (Å²) in [6.45, 7) is 3.77. The summed E-state index contributed by atoms with van der Waals surface area (Å²) in [4.78, 5) is 11.7. The molecule has 4 N–H and O–H groups in total. The molecule has 2 heterocycles. The fourth-order valence-electron chi connectivity index (χ4n) is 3.14. The maximum absolute atomic E-state index is 11.7. The van der Waals surface area contributed by atoms with Crippen molar-refractivity contribution in [3.05, 3.63) is 23.9 Å². The number of alkyl carbamates (subject to hydrolysis) is 1. The van der Waals surface area contributed by atoms with Crippen LogP contribution in [0, 0.1) is 0 Å². The zero-order valence-corrected chi connectivity index (χ0v) is 17.3.